The van der Waals surface area contributed by atoms with E-state index in [9.17, 15) is 19.5 Å². The van der Waals surface area contributed by atoms with Crippen LogP contribution in [0.5, 0.6) is 0 Å². The predicted molar refractivity (Wildman–Crippen MR) is 144 cm³/mol. The van der Waals surface area contributed by atoms with E-state index in [1.807, 2.05) is 18.2 Å². The molecule has 11 nitrogen and oxygen atoms in total. The molecule has 0 aliphatic carbocycles. The van der Waals surface area contributed by atoms with E-state index in [0.717, 1.165) is 21.4 Å². The number of carbonyl (C=O) groups is 1. The molecule has 1 aromatic carbocycles. The van der Waals surface area contributed by atoms with Crippen molar-refractivity contribution >= 4 is 28.1 Å². The molecule has 0 spiro atoms. The zero-order chi connectivity index (χ0) is 27.4. The van der Waals surface area contributed by atoms with E-state index >= 15 is 0 Å². The van der Waals surface area contributed by atoms with Crippen molar-refractivity contribution in [3.63, 3.8) is 0 Å². The van der Waals surface area contributed by atoms with E-state index < -0.39 is 22.9 Å². The number of nitrogens with zero attached hydrogens (tertiary/aromatic N) is 7. The summed E-state index contributed by atoms with van der Waals surface area (Å²) in [5, 5.41) is 11.3. The van der Waals surface area contributed by atoms with Gasteiger partial charge in [-0.25, -0.2) is 14.8 Å². The molecule has 0 radical (unpaired) electrons. The van der Waals surface area contributed by atoms with Crippen molar-refractivity contribution in [2.24, 2.45) is 14.1 Å². The van der Waals surface area contributed by atoms with E-state index in [-0.39, 0.29) is 29.5 Å². The van der Waals surface area contributed by atoms with Gasteiger partial charge in [-0.2, -0.15) is 0 Å². The van der Waals surface area contributed by atoms with Crippen LogP contribution in [0.2, 0.25) is 0 Å². The maximum absolute atomic E-state index is 13.3. The minimum atomic E-state index is -1.16. The van der Waals surface area contributed by atoms with Gasteiger partial charge in [0.05, 0.1) is 29.0 Å². The molecule has 0 bridgehead atoms. The number of aryl methyl sites for hydroxylation is 2. The Balaban J connectivity index is 1.35. The third kappa shape index (κ3) is 4.24. The van der Waals surface area contributed by atoms with Crippen LogP contribution in [-0.2, 0) is 25.4 Å². The first kappa shape index (κ1) is 25.9. The highest BCUT2D eigenvalue weighted by atomic mass is 16.3. The third-order valence-electron chi connectivity index (χ3n) is 7.83. The molecular weight excluding hydrogens is 486 g/mol. The highest BCUT2D eigenvalue weighted by Crippen LogP contribution is 2.33. The van der Waals surface area contributed by atoms with Gasteiger partial charge in [-0.3, -0.25) is 18.7 Å². The molecule has 4 heterocycles. The molecule has 38 heavy (non-hydrogen) atoms. The molecule has 202 valence electrons. The Hall–Kier alpha value is -3.73. The summed E-state index contributed by atoms with van der Waals surface area (Å²) in [6, 6.07) is 7.46. The van der Waals surface area contributed by atoms with E-state index in [1.165, 1.54) is 17.9 Å². The second-order valence-corrected chi connectivity index (χ2v) is 10.9. The highest BCUT2D eigenvalue weighted by Gasteiger charge is 2.41. The number of amides is 1. The van der Waals surface area contributed by atoms with Crippen molar-refractivity contribution in [2.75, 3.05) is 13.1 Å². The van der Waals surface area contributed by atoms with Gasteiger partial charge < -0.3 is 19.1 Å². The fraction of sp³-hybridized carbons (Fsp3) is 0.519. The molecule has 0 saturated carbocycles. The van der Waals surface area contributed by atoms with Gasteiger partial charge in [-0.05, 0) is 31.9 Å². The molecule has 3 aromatic heterocycles. The monoisotopic (exact) mass is 521 g/mol. The number of aromatic nitrogens is 6. The van der Waals surface area contributed by atoms with Crippen LogP contribution in [0.25, 0.3) is 22.2 Å². The Bertz CT molecular complexity index is 1640. The Labute approximate surface area is 219 Å². The average Bonchev–Trinajstić information content (AvgIpc) is 3.48. The van der Waals surface area contributed by atoms with Gasteiger partial charge in [0, 0.05) is 46.1 Å². The average molecular weight is 522 g/mol. The van der Waals surface area contributed by atoms with Crippen molar-refractivity contribution < 1.29 is 9.90 Å². The van der Waals surface area contributed by atoms with Gasteiger partial charge in [0.2, 0.25) is 5.91 Å². The number of benzene rings is 1. The van der Waals surface area contributed by atoms with E-state index in [1.54, 1.807) is 23.4 Å². The second kappa shape index (κ2) is 9.54. The van der Waals surface area contributed by atoms with Crippen LogP contribution in [-0.4, -0.2) is 62.8 Å². The number of carbonyl (C=O) groups excluding carboxylic acids is 1. The number of imidazole rings is 2. The summed E-state index contributed by atoms with van der Waals surface area (Å²) in [6.45, 7) is 7.31. The van der Waals surface area contributed by atoms with Crippen LogP contribution < -0.4 is 11.2 Å². The predicted octanol–water partition coefficient (Wildman–Crippen LogP) is 1.91. The smallest absolute Gasteiger partial charge is 0.332 e. The molecule has 1 aliphatic heterocycles. The van der Waals surface area contributed by atoms with Crippen LogP contribution in [0.3, 0.4) is 0 Å². The summed E-state index contributed by atoms with van der Waals surface area (Å²) in [4.78, 5) is 49.5. The van der Waals surface area contributed by atoms with E-state index in [4.69, 9.17) is 4.98 Å². The Morgan fingerprint density at radius 3 is 2.66 bits per heavy atom. The van der Waals surface area contributed by atoms with Crippen molar-refractivity contribution in [3.05, 3.63) is 57.3 Å². The Morgan fingerprint density at radius 2 is 1.92 bits per heavy atom. The standard InChI is InChI=1S/C27H35N7O4/c1-17(2)23-29-18-9-6-7-10-19(18)33(23)13-8-11-21(35)32-14-12-27(3,38)20(15-32)34-16-28-24-22(34)25(36)31(5)26(37)30(24)4/h6-7,9-10,16-17,20,38H,8,11-15H2,1-5H3/t20-,27-/m0/s1. The quantitative estimate of drug-likeness (QED) is 0.414. The molecule has 1 fully saturated rings. The first-order valence-corrected chi connectivity index (χ1v) is 13.1. The largest absolute Gasteiger partial charge is 0.388 e. The van der Waals surface area contributed by atoms with Crippen LogP contribution in [0.4, 0.5) is 0 Å². The lowest BCUT2D eigenvalue weighted by Gasteiger charge is -2.43. The molecule has 1 aliphatic rings. The van der Waals surface area contributed by atoms with Crippen LogP contribution in [0, 0.1) is 0 Å². The summed E-state index contributed by atoms with van der Waals surface area (Å²) in [7, 11) is 2.98. The SMILES string of the molecule is CC(C)c1nc2ccccc2n1CCCC(=O)N1CC[C@](C)(O)[C@@H](n2cnc3c2c(=O)n(C)c(=O)n3C)C1. The first-order chi connectivity index (χ1) is 18.0. The van der Waals surface area contributed by atoms with Gasteiger partial charge in [-0.1, -0.05) is 26.0 Å². The lowest BCUT2D eigenvalue weighted by molar-refractivity contribution is -0.138. The number of fused-ring (bicyclic) bond motifs is 2. The number of hydrogen-bond acceptors (Lipinski definition) is 6. The summed E-state index contributed by atoms with van der Waals surface area (Å²) < 4.78 is 6.18. The number of likely N-dealkylation sites (tertiary alicyclic amines) is 1. The number of para-hydroxylation sites is 2. The van der Waals surface area contributed by atoms with Crippen molar-refractivity contribution in [1.29, 1.82) is 0 Å². The lowest BCUT2D eigenvalue weighted by Crippen LogP contribution is -2.53. The molecule has 1 amide bonds. The molecule has 5 rings (SSSR count). The maximum atomic E-state index is 13.3. The minimum Gasteiger partial charge on any atom is -0.388 e. The van der Waals surface area contributed by atoms with Crippen LogP contribution in [0.15, 0.2) is 40.2 Å². The van der Waals surface area contributed by atoms with Gasteiger partial charge in [0.1, 0.15) is 5.82 Å². The number of aliphatic hydroxyl groups is 1. The molecule has 2 atom stereocenters. The topological polar surface area (TPSA) is 120 Å². The van der Waals surface area contributed by atoms with Crippen molar-refractivity contribution in [2.45, 2.75) is 64.1 Å². The maximum Gasteiger partial charge on any atom is 0.332 e. The highest BCUT2D eigenvalue weighted by molar-refractivity contribution is 5.77. The van der Waals surface area contributed by atoms with Crippen molar-refractivity contribution in [1.82, 2.24) is 33.1 Å². The van der Waals surface area contributed by atoms with Crippen molar-refractivity contribution in [3.8, 4) is 0 Å². The van der Waals surface area contributed by atoms with E-state index in [0.29, 0.717) is 32.4 Å². The normalized spacial score (nSPS) is 20.2. The van der Waals surface area contributed by atoms with Gasteiger partial charge in [0.15, 0.2) is 11.2 Å². The molecule has 4 aromatic rings. The zero-order valence-electron chi connectivity index (χ0n) is 22.6. The summed E-state index contributed by atoms with van der Waals surface area (Å²) in [6.07, 6.45) is 2.86. The van der Waals surface area contributed by atoms with Gasteiger partial charge in [0.25, 0.3) is 5.56 Å². The zero-order valence-corrected chi connectivity index (χ0v) is 22.6. The van der Waals surface area contributed by atoms with Crippen LogP contribution >= 0.6 is 0 Å². The lowest BCUT2D eigenvalue weighted by atomic mass is 9.88. The summed E-state index contributed by atoms with van der Waals surface area (Å²) in [5.41, 5.74) is 0.417. The molecule has 1 N–H and O–H groups in total. The summed E-state index contributed by atoms with van der Waals surface area (Å²) >= 11 is 0. The fourth-order valence-electron chi connectivity index (χ4n) is 5.56. The third-order valence-corrected chi connectivity index (χ3v) is 7.83. The van der Waals surface area contributed by atoms with Gasteiger partial charge >= 0.3 is 5.69 Å². The number of hydrogen-bond donors (Lipinski definition) is 1. The first-order valence-electron chi connectivity index (χ1n) is 13.1. The van der Waals surface area contributed by atoms with E-state index in [2.05, 4.69) is 29.5 Å². The Kier molecular flexibility index (Phi) is 6.50. The summed E-state index contributed by atoms with van der Waals surface area (Å²) in [5.74, 6) is 1.28. The second-order valence-electron chi connectivity index (χ2n) is 10.9. The fourth-order valence-corrected chi connectivity index (χ4v) is 5.56. The van der Waals surface area contributed by atoms with Crippen LogP contribution in [0.1, 0.15) is 57.8 Å². The molecule has 11 heteroatoms. The molecule has 0 unspecified atom stereocenters. The Morgan fingerprint density at radius 1 is 1.18 bits per heavy atom. The number of piperidine rings is 1. The molecular formula is C27H35N7O4. The molecule has 1 saturated heterocycles. The number of rotatable bonds is 6. The minimum absolute atomic E-state index is 0.00532. The van der Waals surface area contributed by atoms with Gasteiger partial charge in [-0.15, -0.1) is 0 Å².